The highest BCUT2D eigenvalue weighted by Crippen LogP contribution is 2.34. The third kappa shape index (κ3) is 2.17. The zero-order valence-corrected chi connectivity index (χ0v) is 10.1. The first-order valence-electron chi connectivity index (χ1n) is 5.43. The fraction of sp³-hybridized carbons (Fsp3) is 0.385. The first-order valence-corrected chi connectivity index (χ1v) is 5.43. The number of nitrogens with two attached hydrogens (primary N) is 1. The van der Waals surface area contributed by atoms with E-state index in [9.17, 15) is 8.78 Å². The van der Waals surface area contributed by atoms with Crippen molar-refractivity contribution in [3.63, 3.8) is 0 Å². The zero-order chi connectivity index (χ0) is 12.8. The smallest absolute Gasteiger partial charge is 0.170 e. The standard InChI is InChI=1S/C13H15F2NO/c1-13(2,3)12(16)10-5-7-4-8(14)6-9(15)11(7)17-10/h4-6,12H,16H2,1-3H3. The predicted molar refractivity (Wildman–Crippen MR) is 62.5 cm³/mol. The second-order valence-corrected chi connectivity index (χ2v) is 5.30. The van der Waals surface area contributed by atoms with Crippen LogP contribution in [0.5, 0.6) is 0 Å². The van der Waals surface area contributed by atoms with Gasteiger partial charge >= 0.3 is 0 Å². The first-order chi connectivity index (χ1) is 7.79. The van der Waals surface area contributed by atoms with Gasteiger partial charge in [0.15, 0.2) is 11.4 Å². The fourth-order valence-corrected chi connectivity index (χ4v) is 1.68. The van der Waals surface area contributed by atoms with E-state index in [1.165, 1.54) is 6.07 Å². The molecule has 0 aliphatic carbocycles. The van der Waals surface area contributed by atoms with Crippen molar-refractivity contribution in [3.05, 3.63) is 35.6 Å². The van der Waals surface area contributed by atoms with Gasteiger partial charge in [-0.15, -0.1) is 0 Å². The van der Waals surface area contributed by atoms with Crippen LogP contribution in [0.2, 0.25) is 0 Å². The topological polar surface area (TPSA) is 39.2 Å². The van der Waals surface area contributed by atoms with E-state index in [-0.39, 0.29) is 17.0 Å². The van der Waals surface area contributed by atoms with Crippen molar-refractivity contribution >= 4 is 11.0 Å². The number of hydrogen-bond donors (Lipinski definition) is 1. The molecule has 0 spiro atoms. The molecule has 1 aromatic heterocycles. The normalized spacial score (nSPS) is 14.2. The van der Waals surface area contributed by atoms with Crippen molar-refractivity contribution in [1.29, 1.82) is 0 Å². The Bertz CT molecular complexity index is 554. The maximum atomic E-state index is 13.4. The van der Waals surface area contributed by atoms with E-state index >= 15 is 0 Å². The second-order valence-electron chi connectivity index (χ2n) is 5.30. The molecule has 0 aliphatic heterocycles. The maximum Gasteiger partial charge on any atom is 0.170 e. The molecule has 92 valence electrons. The summed E-state index contributed by atoms with van der Waals surface area (Å²) in [5.41, 5.74) is 5.87. The molecule has 0 saturated heterocycles. The monoisotopic (exact) mass is 239 g/mol. The molecule has 0 amide bonds. The Hall–Kier alpha value is -1.42. The predicted octanol–water partition coefficient (Wildman–Crippen LogP) is 3.76. The summed E-state index contributed by atoms with van der Waals surface area (Å²) < 4.78 is 31.9. The Morgan fingerprint density at radius 2 is 1.82 bits per heavy atom. The van der Waals surface area contributed by atoms with Gasteiger partial charge in [0.25, 0.3) is 0 Å². The molecule has 2 nitrogen and oxygen atoms in total. The average molecular weight is 239 g/mol. The molecule has 2 rings (SSSR count). The summed E-state index contributed by atoms with van der Waals surface area (Å²) >= 11 is 0. The van der Waals surface area contributed by atoms with Crippen molar-refractivity contribution in [1.82, 2.24) is 0 Å². The minimum Gasteiger partial charge on any atom is -0.456 e. The van der Waals surface area contributed by atoms with Crippen LogP contribution in [0.4, 0.5) is 8.78 Å². The molecule has 0 fully saturated rings. The van der Waals surface area contributed by atoms with Gasteiger partial charge in [-0.1, -0.05) is 20.8 Å². The van der Waals surface area contributed by atoms with Crippen molar-refractivity contribution < 1.29 is 13.2 Å². The SMILES string of the molecule is CC(C)(C)C(N)c1cc2cc(F)cc(F)c2o1. The third-order valence-corrected chi connectivity index (χ3v) is 2.79. The number of fused-ring (bicyclic) bond motifs is 1. The highest BCUT2D eigenvalue weighted by atomic mass is 19.1. The molecular formula is C13H15F2NO. The Morgan fingerprint density at radius 1 is 1.18 bits per heavy atom. The van der Waals surface area contributed by atoms with E-state index in [4.69, 9.17) is 10.2 Å². The van der Waals surface area contributed by atoms with Gasteiger partial charge in [-0.2, -0.15) is 0 Å². The Morgan fingerprint density at radius 3 is 2.41 bits per heavy atom. The molecule has 2 aromatic rings. The number of benzene rings is 1. The molecule has 1 aromatic carbocycles. The van der Waals surface area contributed by atoms with Crippen LogP contribution in [-0.2, 0) is 0 Å². The number of hydrogen-bond acceptors (Lipinski definition) is 2. The number of halogens is 2. The summed E-state index contributed by atoms with van der Waals surface area (Å²) in [4.78, 5) is 0. The zero-order valence-electron chi connectivity index (χ0n) is 10.1. The second kappa shape index (κ2) is 3.81. The van der Waals surface area contributed by atoms with E-state index in [2.05, 4.69) is 0 Å². The first kappa shape index (κ1) is 12.0. The van der Waals surface area contributed by atoms with Gasteiger partial charge < -0.3 is 10.2 Å². The summed E-state index contributed by atoms with van der Waals surface area (Å²) in [6.07, 6.45) is 0. The lowest BCUT2D eigenvalue weighted by Gasteiger charge is -2.24. The largest absolute Gasteiger partial charge is 0.456 e. The van der Waals surface area contributed by atoms with Crippen LogP contribution >= 0.6 is 0 Å². The maximum absolute atomic E-state index is 13.4. The van der Waals surface area contributed by atoms with E-state index in [0.717, 1.165) is 6.07 Å². The molecule has 17 heavy (non-hydrogen) atoms. The minimum atomic E-state index is -0.702. The Labute approximate surface area is 98.4 Å². The van der Waals surface area contributed by atoms with Crippen LogP contribution < -0.4 is 5.73 Å². The van der Waals surface area contributed by atoms with Crippen LogP contribution in [-0.4, -0.2) is 0 Å². The third-order valence-electron chi connectivity index (χ3n) is 2.79. The molecule has 1 unspecified atom stereocenters. The van der Waals surface area contributed by atoms with E-state index in [1.807, 2.05) is 20.8 Å². The Kier molecular flexibility index (Phi) is 2.70. The van der Waals surface area contributed by atoms with Crippen molar-refractivity contribution in [2.75, 3.05) is 0 Å². The van der Waals surface area contributed by atoms with E-state index in [1.54, 1.807) is 6.07 Å². The molecule has 0 bridgehead atoms. The molecule has 0 aliphatic rings. The van der Waals surface area contributed by atoms with Gasteiger partial charge in [0, 0.05) is 11.5 Å². The van der Waals surface area contributed by atoms with Crippen molar-refractivity contribution in [2.45, 2.75) is 26.8 Å². The van der Waals surface area contributed by atoms with Gasteiger partial charge in [-0.3, -0.25) is 0 Å². The number of furan rings is 1. The lowest BCUT2D eigenvalue weighted by atomic mass is 9.86. The number of rotatable bonds is 1. The van der Waals surface area contributed by atoms with Crippen LogP contribution in [0.15, 0.2) is 22.6 Å². The minimum absolute atomic E-state index is 0.0566. The van der Waals surface area contributed by atoms with Crippen LogP contribution in [0, 0.1) is 17.0 Å². The fourth-order valence-electron chi connectivity index (χ4n) is 1.68. The summed E-state index contributed by atoms with van der Waals surface area (Å²) in [6, 6.07) is 3.27. The van der Waals surface area contributed by atoms with Gasteiger partial charge in [0.05, 0.1) is 6.04 Å². The molecule has 2 N–H and O–H groups in total. The molecule has 1 atom stereocenters. The summed E-state index contributed by atoms with van der Waals surface area (Å²) in [6.45, 7) is 5.88. The van der Waals surface area contributed by atoms with Crippen LogP contribution in [0.25, 0.3) is 11.0 Å². The lowest BCUT2D eigenvalue weighted by molar-refractivity contribution is 0.289. The highest BCUT2D eigenvalue weighted by Gasteiger charge is 2.26. The van der Waals surface area contributed by atoms with Crippen molar-refractivity contribution in [2.24, 2.45) is 11.1 Å². The van der Waals surface area contributed by atoms with Gasteiger partial charge in [0.2, 0.25) is 0 Å². The summed E-state index contributed by atoms with van der Waals surface area (Å²) in [7, 11) is 0. The van der Waals surface area contributed by atoms with Crippen LogP contribution in [0.1, 0.15) is 32.6 Å². The highest BCUT2D eigenvalue weighted by molar-refractivity contribution is 5.78. The molecular weight excluding hydrogens is 224 g/mol. The molecule has 0 saturated carbocycles. The Balaban J connectivity index is 2.56. The van der Waals surface area contributed by atoms with Gasteiger partial charge in [-0.05, 0) is 17.5 Å². The van der Waals surface area contributed by atoms with Crippen LogP contribution in [0.3, 0.4) is 0 Å². The summed E-state index contributed by atoms with van der Waals surface area (Å²) in [5, 5.41) is 0.400. The van der Waals surface area contributed by atoms with E-state index < -0.39 is 11.6 Å². The van der Waals surface area contributed by atoms with Gasteiger partial charge in [-0.25, -0.2) is 8.78 Å². The van der Waals surface area contributed by atoms with E-state index in [0.29, 0.717) is 11.1 Å². The van der Waals surface area contributed by atoms with Gasteiger partial charge in [0.1, 0.15) is 11.6 Å². The quantitative estimate of drug-likeness (QED) is 0.823. The summed E-state index contributed by atoms with van der Waals surface area (Å²) in [5.74, 6) is -0.851. The molecule has 4 heteroatoms. The van der Waals surface area contributed by atoms with Crippen molar-refractivity contribution in [3.8, 4) is 0 Å². The molecule has 0 radical (unpaired) electrons. The average Bonchev–Trinajstić information content (AvgIpc) is 2.58. The molecule has 1 heterocycles. The lowest BCUT2D eigenvalue weighted by Crippen LogP contribution is -2.25.